The Balaban J connectivity index is 1.50. The molecule has 3 rings (SSSR count). The molecule has 0 aromatic carbocycles. The van der Waals surface area contributed by atoms with Gasteiger partial charge in [-0.2, -0.15) is 0 Å². The summed E-state index contributed by atoms with van der Waals surface area (Å²) >= 11 is 0. The maximum atomic E-state index is 9.76. The molecule has 1 N–H and O–H groups in total. The van der Waals surface area contributed by atoms with E-state index in [2.05, 4.69) is 19.9 Å². The molecule has 1 heteroatoms. The third kappa shape index (κ3) is 3.78. The molecule has 0 saturated heterocycles. The van der Waals surface area contributed by atoms with Gasteiger partial charge in [-0.25, -0.2) is 0 Å². The highest BCUT2D eigenvalue weighted by Crippen LogP contribution is 2.44. The van der Waals surface area contributed by atoms with Gasteiger partial charge in [-0.1, -0.05) is 25.5 Å². The monoisotopic (exact) mass is 304 g/mol. The van der Waals surface area contributed by atoms with E-state index in [0.29, 0.717) is 5.92 Å². The van der Waals surface area contributed by atoms with Crippen LogP contribution in [-0.4, -0.2) is 11.2 Å². The minimum atomic E-state index is -0.0999. The first-order valence-electron chi connectivity index (χ1n) is 9.91. The normalized spacial score (nSPS) is 44.1. The van der Waals surface area contributed by atoms with Crippen LogP contribution in [0.1, 0.15) is 78.6 Å². The van der Waals surface area contributed by atoms with Crippen LogP contribution in [0.4, 0.5) is 0 Å². The molecule has 5 atom stereocenters. The van der Waals surface area contributed by atoms with Crippen LogP contribution in [0.5, 0.6) is 0 Å². The zero-order chi connectivity index (χ0) is 15.7. The van der Waals surface area contributed by atoms with Crippen molar-refractivity contribution in [1.82, 2.24) is 0 Å². The number of allylic oxidation sites excluding steroid dienone is 2. The fourth-order valence-corrected chi connectivity index (χ4v) is 5.71. The van der Waals surface area contributed by atoms with E-state index in [-0.39, 0.29) is 6.10 Å². The Labute approximate surface area is 137 Å². The molecule has 1 nitrogen and oxygen atoms in total. The summed E-state index contributed by atoms with van der Waals surface area (Å²) in [6, 6.07) is 0. The zero-order valence-corrected chi connectivity index (χ0v) is 14.9. The van der Waals surface area contributed by atoms with Gasteiger partial charge in [0.25, 0.3) is 0 Å². The van der Waals surface area contributed by atoms with Gasteiger partial charge >= 0.3 is 0 Å². The molecule has 0 bridgehead atoms. The average molecular weight is 305 g/mol. The van der Waals surface area contributed by atoms with Crippen LogP contribution in [0.2, 0.25) is 0 Å². The van der Waals surface area contributed by atoms with E-state index < -0.39 is 0 Å². The third-order valence-electron chi connectivity index (χ3n) is 7.12. The quantitative estimate of drug-likeness (QED) is 0.672. The van der Waals surface area contributed by atoms with Crippen LogP contribution < -0.4 is 0 Å². The molecular formula is C21H36O. The fourth-order valence-electron chi connectivity index (χ4n) is 5.71. The second-order valence-corrected chi connectivity index (χ2v) is 8.94. The summed E-state index contributed by atoms with van der Waals surface area (Å²) in [5, 5.41) is 9.76. The van der Waals surface area contributed by atoms with Crippen molar-refractivity contribution >= 4 is 0 Å². The second kappa shape index (κ2) is 7.07. The Morgan fingerprint density at radius 2 is 1.82 bits per heavy atom. The van der Waals surface area contributed by atoms with Crippen LogP contribution in [0, 0.1) is 35.5 Å². The van der Waals surface area contributed by atoms with Crippen molar-refractivity contribution in [3.8, 4) is 0 Å². The number of hydrogen-bond donors (Lipinski definition) is 1. The van der Waals surface area contributed by atoms with Crippen molar-refractivity contribution in [1.29, 1.82) is 0 Å². The van der Waals surface area contributed by atoms with Crippen molar-refractivity contribution in [2.24, 2.45) is 35.5 Å². The van der Waals surface area contributed by atoms with E-state index in [1.807, 2.05) is 6.92 Å². The van der Waals surface area contributed by atoms with Crippen LogP contribution in [0.25, 0.3) is 0 Å². The molecule has 0 radical (unpaired) electrons. The van der Waals surface area contributed by atoms with E-state index in [4.69, 9.17) is 0 Å². The molecule has 4 unspecified atom stereocenters. The van der Waals surface area contributed by atoms with Gasteiger partial charge in [0.1, 0.15) is 0 Å². The first-order chi connectivity index (χ1) is 10.5. The summed E-state index contributed by atoms with van der Waals surface area (Å²) in [6.45, 7) is 6.89. The molecule has 2 fully saturated rings. The van der Waals surface area contributed by atoms with Crippen molar-refractivity contribution in [3.63, 3.8) is 0 Å². The molecule has 0 amide bonds. The van der Waals surface area contributed by atoms with Gasteiger partial charge in [0.2, 0.25) is 0 Å². The molecule has 3 aliphatic carbocycles. The van der Waals surface area contributed by atoms with Crippen LogP contribution in [0.15, 0.2) is 11.6 Å². The lowest BCUT2D eigenvalue weighted by Crippen LogP contribution is -2.23. The lowest BCUT2D eigenvalue weighted by atomic mass is 9.76. The highest BCUT2D eigenvalue weighted by atomic mass is 16.3. The number of hydrogen-bond acceptors (Lipinski definition) is 1. The summed E-state index contributed by atoms with van der Waals surface area (Å²) in [6.07, 6.45) is 14.9. The smallest absolute Gasteiger partial charge is 0.0540 e. The van der Waals surface area contributed by atoms with Gasteiger partial charge < -0.3 is 5.11 Å². The molecule has 0 aromatic rings. The Hall–Kier alpha value is -0.300. The Morgan fingerprint density at radius 3 is 2.41 bits per heavy atom. The second-order valence-electron chi connectivity index (χ2n) is 8.94. The van der Waals surface area contributed by atoms with E-state index in [9.17, 15) is 5.11 Å². The van der Waals surface area contributed by atoms with Crippen molar-refractivity contribution in [3.05, 3.63) is 11.6 Å². The minimum absolute atomic E-state index is 0.0999. The van der Waals surface area contributed by atoms with Crippen molar-refractivity contribution < 1.29 is 5.11 Å². The van der Waals surface area contributed by atoms with Crippen LogP contribution >= 0.6 is 0 Å². The Bertz CT molecular complexity index is 389. The molecule has 0 heterocycles. The zero-order valence-electron chi connectivity index (χ0n) is 14.9. The lowest BCUT2D eigenvalue weighted by molar-refractivity contribution is 0.0925. The standard InChI is InChI=1S/C21H36O/c1-14-10-15(2)21(11-14)13-17-4-5-20(12-17)19-8-6-18(7-9-19)16(3)22/h12,14-19,21-22H,4-11,13H2,1-3H3/t14?,15-,16?,17?,18?,19?,21?/m0/s1. The largest absolute Gasteiger partial charge is 0.393 e. The minimum Gasteiger partial charge on any atom is -0.393 e. The Kier molecular flexibility index (Phi) is 5.32. The van der Waals surface area contributed by atoms with E-state index in [1.54, 1.807) is 5.57 Å². The Morgan fingerprint density at radius 1 is 1.09 bits per heavy atom. The predicted molar refractivity (Wildman–Crippen MR) is 93.6 cm³/mol. The van der Waals surface area contributed by atoms with E-state index in [0.717, 1.165) is 29.6 Å². The van der Waals surface area contributed by atoms with Gasteiger partial charge in [-0.3, -0.25) is 0 Å². The predicted octanol–water partition coefficient (Wildman–Crippen LogP) is 5.58. The third-order valence-corrected chi connectivity index (χ3v) is 7.12. The van der Waals surface area contributed by atoms with Gasteiger partial charge in [-0.05, 0) is 100 Å². The van der Waals surface area contributed by atoms with Crippen LogP contribution in [0.3, 0.4) is 0 Å². The molecule has 3 aliphatic rings. The fraction of sp³-hybridized carbons (Fsp3) is 0.905. The number of rotatable bonds is 4. The lowest BCUT2D eigenvalue weighted by Gasteiger charge is -2.31. The topological polar surface area (TPSA) is 20.2 Å². The maximum Gasteiger partial charge on any atom is 0.0540 e. The van der Waals surface area contributed by atoms with Crippen molar-refractivity contribution in [2.45, 2.75) is 84.7 Å². The first kappa shape index (κ1) is 16.6. The van der Waals surface area contributed by atoms with Gasteiger partial charge in [0.15, 0.2) is 0 Å². The molecule has 126 valence electrons. The van der Waals surface area contributed by atoms with E-state index in [1.165, 1.54) is 57.8 Å². The van der Waals surface area contributed by atoms with Crippen LogP contribution in [-0.2, 0) is 0 Å². The highest BCUT2D eigenvalue weighted by molar-refractivity contribution is 5.15. The summed E-state index contributed by atoms with van der Waals surface area (Å²) in [5.74, 6) is 5.19. The molecule has 0 aromatic heterocycles. The first-order valence-corrected chi connectivity index (χ1v) is 9.91. The molecule has 0 spiro atoms. The van der Waals surface area contributed by atoms with Crippen molar-refractivity contribution in [2.75, 3.05) is 0 Å². The van der Waals surface area contributed by atoms with Gasteiger partial charge in [-0.15, -0.1) is 0 Å². The maximum absolute atomic E-state index is 9.76. The van der Waals surface area contributed by atoms with E-state index >= 15 is 0 Å². The summed E-state index contributed by atoms with van der Waals surface area (Å²) in [7, 11) is 0. The molecule has 2 saturated carbocycles. The molecule has 22 heavy (non-hydrogen) atoms. The molecular weight excluding hydrogens is 268 g/mol. The number of aliphatic hydroxyl groups is 1. The van der Waals surface area contributed by atoms with Gasteiger partial charge in [0.05, 0.1) is 6.10 Å². The molecule has 0 aliphatic heterocycles. The number of aliphatic hydroxyl groups excluding tert-OH is 1. The summed E-state index contributed by atoms with van der Waals surface area (Å²) in [4.78, 5) is 0. The SMILES string of the molecule is CC1CC(CC2C=C(C3CCC(C(C)O)CC3)CC2)[C@@H](C)C1. The highest BCUT2D eigenvalue weighted by Gasteiger charge is 2.33. The summed E-state index contributed by atoms with van der Waals surface area (Å²) in [5.41, 5.74) is 1.78. The average Bonchev–Trinajstić information content (AvgIpc) is 3.06. The van der Waals surface area contributed by atoms with Gasteiger partial charge in [0, 0.05) is 0 Å². The summed E-state index contributed by atoms with van der Waals surface area (Å²) < 4.78 is 0.